The number of rotatable bonds is 8. The van der Waals surface area contributed by atoms with Crippen LogP contribution in [0.2, 0.25) is 0 Å². The van der Waals surface area contributed by atoms with Crippen LogP contribution in [0.3, 0.4) is 0 Å². The summed E-state index contributed by atoms with van der Waals surface area (Å²) in [5, 5.41) is 2.33. The van der Waals surface area contributed by atoms with E-state index >= 15 is 0 Å². The molecule has 0 saturated heterocycles. The smallest absolute Gasteiger partial charge is 0.118 e. The molecule has 0 aliphatic rings. The van der Waals surface area contributed by atoms with Crippen molar-refractivity contribution in [2.75, 3.05) is 25.7 Å². The summed E-state index contributed by atoms with van der Waals surface area (Å²) in [5.41, 5.74) is 19.4. The summed E-state index contributed by atoms with van der Waals surface area (Å²) in [5.74, 6) is 1.74. The van der Waals surface area contributed by atoms with Crippen LogP contribution in [0.4, 0.5) is 11.4 Å². The molecule has 4 aromatic rings. The van der Waals surface area contributed by atoms with Gasteiger partial charge in [0.1, 0.15) is 11.5 Å². The van der Waals surface area contributed by atoms with Gasteiger partial charge in [-0.3, -0.25) is 0 Å². The van der Waals surface area contributed by atoms with Crippen molar-refractivity contribution in [3.8, 4) is 11.5 Å². The molecule has 0 aliphatic heterocycles. The minimum absolute atomic E-state index is 0.758. The molecule has 4 N–H and O–H groups in total. The second-order valence-corrected chi connectivity index (χ2v) is 8.10. The molecule has 0 amide bonds. The molecule has 4 rings (SSSR count). The summed E-state index contributed by atoms with van der Waals surface area (Å²) >= 11 is 0. The SMILES string of the molecule is COc1ccc(CCc2cc3ccc(N)cc3c(CCc3ccc(OC)cc3)c2N)cc1. The predicted molar refractivity (Wildman–Crippen MR) is 134 cm³/mol. The summed E-state index contributed by atoms with van der Waals surface area (Å²) in [7, 11) is 3.37. The fraction of sp³-hybridized carbons (Fsp3) is 0.214. The van der Waals surface area contributed by atoms with Gasteiger partial charge < -0.3 is 20.9 Å². The van der Waals surface area contributed by atoms with Gasteiger partial charge in [0.25, 0.3) is 0 Å². The highest BCUT2D eigenvalue weighted by atomic mass is 16.5. The van der Waals surface area contributed by atoms with Crippen LogP contribution in [-0.4, -0.2) is 14.2 Å². The summed E-state index contributed by atoms with van der Waals surface area (Å²) in [6.45, 7) is 0. The molecular formula is C28H30N2O2. The van der Waals surface area contributed by atoms with E-state index in [-0.39, 0.29) is 0 Å². The Morgan fingerprint density at radius 1 is 0.625 bits per heavy atom. The molecule has 0 aromatic heterocycles. The summed E-state index contributed by atoms with van der Waals surface area (Å²) < 4.78 is 10.5. The lowest BCUT2D eigenvalue weighted by atomic mass is 9.91. The minimum Gasteiger partial charge on any atom is -0.497 e. The monoisotopic (exact) mass is 426 g/mol. The molecule has 0 spiro atoms. The Kier molecular flexibility index (Phi) is 6.50. The van der Waals surface area contributed by atoms with Gasteiger partial charge in [-0.2, -0.15) is 0 Å². The molecule has 0 heterocycles. The zero-order valence-electron chi connectivity index (χ0n) is 18.7. The lowest BCUT2D eigenvalue weighted by Gasteiger charge is -2.16. The van der Waals surface area contributed by atoms with Gasteiger partial charge in [-0.15, -0.1) is 0 Å². The summed E-state index contributed by atoms with van der Waals surface area (Å²) in [6.07, 6.45) is 3.56. The molecular weight excluding hydrogens is 396 g/mol. The first kappa shape index (κ1) is 21.6. The lowest BCUT2D eigenvalue weighted by Crippen LogP contribution is -2.05. The van der Waals surface area contributed by atoms with Crippen molar-refractivity contribution < 1.29 is 9.47 Å². The maximum atomic E-state index is 6.74. The topological polar surface area (TPSA) is 70.5 Å². The summed E-state index contributed by atoms with van der Waals surface area (Å²) in [6, 6.07) is 24.8. The van der Waals surface area contributed by atoms with Crippen LogP contribution in [0.1, 0.15) is 22.3 Å². The highest BCUT2D eigenvalue weighted by Gasteiger charge is 2.12. The third-order valence-electron chi connectivity index (χ3n) is 6.07. The van der Waals surface area contributed by atoms with Gasteiger partial charge in [-0.1, -0.05) is 30.3 Å². The number of hydrogen-bond acceptors (Lipinski definition) is 4. The predicted octanol–water partition coefficient (Wildman–Crippen LogP) is 5.59. The molecule has 164 valence electrons. The van der Waals surface area contributed by atoms with Crippen molar-refractivity contribution in [1.82, 2.24) is 0 Å². The van der Waals surface area contributed by atoms with Gasteiger partial charge in [-0.25, -0.2) is 0 Å². The van der Waals surface area contributed by atoms with E-state index in [2.05, 4.69) is 36.4 Å². The van der Waals surface area contributed by atoms with Crippen LogP contribution >= 0.6 is 0 Å². The third-order valence-corrected chi connectivity index (χ3v) is 6.07. The van der Waals surface area contributed by atoms with Gasteiger partial charge in [-0.05, 0) is 101 Å². The number of nitrogens with two attached hydrogens (primary N) is 2. The Morgan fingerprint density at radius 3 is 1.75 bits per heavy atom. The number of hydrogen-bond donors (Lipinski definition) is 2. The van der Waals surface area contributed by atoms with Crippen LogP contribution in [0.25, 0.3) is 10.8 Å². The van der Waals surface area contributed by atoms with E-state index in [4.69, 9.17) is 20.9 Å². The van der Waals surface area contributed by atoms with E-state index in [1.165, 1.54) is 27.6 Å². The highest BCUT2D eigenvalue weighted by Crippen LogP contribution is 2.32. The van der Waals surface area contributed by atoms with Crippen molar-refractivity contribution >= 4 is 22.1 Å². The zero-order valence-corrected chi connectivity index (χ0v) is 18.7. The number of nitrogen functional groups attached to an aromatic ring is 2. The van der Waals surface area contributed by atoms with Gasteiger partial charge in [0, 0.05) is 11.4 Å². The quantitative estimate of drug-likeness (QED) is 0.360. The number of ether oxygens (including phenoxy) is 2. The second kappa shape index (κ2) is 9.65. The van der Waals surface area contributed by atoms with Crippen LogP contribution < -0.4 is 20.9 Å². The molecule has 4 aromatic carbocycles. The first-order chi connectivity index (χ1) is 15.6. The van der Waals surface area contributed by atoms with Crippen LogP contribution in [-0.2, 0) is 25.7 Å². The molecule has 4 nitrogen and oxygen atoms in total. The number of methoxy groups -OCH3 is 2. The Bertz CT molecular complexity index is 1200. The Hall–Kier alpha value is -3.66. The summed E-state index contributed by atoms with van der Waals surface area (Å²) in [4.78, 5) is 0. The standard InChI is InChI=1S/C28H30N2O2/c1-31-24-12-4-19(5-13-24)3-9-22-17-21-10-11-23(29)18-27(21)26(28(22)30)16-8-20-6-14-25(32-2)15-7-20/h4-7,10-15,17-18H,3,8-9,16,29-30H2,1-2H3. The van der Waals surface area contributed by atoms with Crippen LogP contribution in [0, 0.1) is 0 Å². The van der Waals surface area contributed by atoms with Crippen molar-refractivity contribution in [3.63, 3.8) is 0 Å². The fourth-order valence-electron chi connectivity index (χ4n) is 4.17. The maximum absolute atomic E-state index is 6.74. The Morgan fingerprint density at radius 2 is 1.19 bits per heavy atom. The van der Waals surface area contributed by atoms with E-state index in [9.17, 15) is 0 Å². The van der Waals surface area contributed by atoms with E-state index in [1.807, 2.05) is 36.4 Å². The lowest BCUT2D eigenvalue weighted by molar-refractivity contribution is 0.414. The van der Waals surface area contributed by atoms with Crippen LogP contribution in [0.5, 0.6) is 11.5 Å². The normalized spacial score (nSPS) is 10.9. The molecule has 0 atom stereocenters. The molecule has 0 bridgehead atoms. The number of aryl methyl sites for hydroxylation is 4. The van der Waals surface area contributed by atoms with Crippen molar-refractivity contribution in [2.24, 2.45) is 0 Å². The molecule has 0 radical (unpaired) electrons. The average Bonchev–Trinajstić information content (AvgIpc) is 2.83. The molecule has 0 saturated carbocycles. The van der Waals surface area contributed by atoms with E-state index in [0.29, 0.717) is 0 Å². The van der Waals surface area contributed by atoms with E-state index in [0.717, 1.165) is 53.9 Å². The Labute approximate surface area is 189 Å². The van der Waals surface area contributed by atoms with Gasteiger partial charge in [0.05, 0.1) is 14.2 Å². The molecule has 0 unspecified atom stereocenters. The molecule has 0 fully saturated rings. The number of anilines is 2. The largest absolute Gasteiger partial charge is 0.497 e. The molecule has 0 aliphatic carbocycles. The highest BCUT2D eigenvalue weighted by molar-refractivity contribution is 5.93. The second-order valence-electron chi connectivity index (χ2n) is 8.10. The third kappa shape index (κ3) is 4.80. The van der Waals surface area contributed by atoms with Crippen molar-refractivity contribution in [2.45, 2.75) is 25.7 Å². The van der Waals surface area contributed by atoms with E-state index < -0.39 is 0 Å². The van der Waals surface area contributed by atoms with Crippen molar-refractivity contribution in [1.29, 1.82) is 0 Å². The zero-order chi connectivity index (χ0) is 22.5. The maximum Gasteiger partial charge on any atom is 0.118 e. The number of fused-ring (bicyclic) bond motifs is 1. The van der Waals surface area contributed by atoms with Crippen molar-refractivity contribution in [3.05, 3.63) is 95.1 Å². The molecule has 4 heteroatoms. The van der Waals surface area contributed by atoms with Crippen LogP contribution in [0.15, 0.2) is 72.8 Å². The number of benzene rings is 4. The fourth-order valence-corrected chi connectivity index (χ4v) is 4.17. The average molecular weight is 427 g/mol. The first-order valence-electron chi connectivity index (χ1n) is 10.9. The van der Waals surface area contributed by atoms with Gasteiger partial charge >= 0.3 is 0 Å². The van der Waals surface area contributed by atoms with Gasteiger partial charge in [0.15, 0.2) is 0 Å². The minimum atomic E-state index is 0.758. The molecule has 32 heavy (non-hydrogen) atoms. The first-order valence-corrected chi connectivity index (χ1v) is 10.9. The van der Waals surface area contributed by atoms with E-state index in [1.54, 1.807) is 14.2 Å². The Balaban J connectivity index is 1.61. The van der Waals surface area contributed by atoms with Gasteiger partial charge in [0.2, 0.25) is 0 Å².